The van der Waals surface area contributed by atoms with E-state index in [1.807, 2.05) is 50.2 Å². The predicted molar refractivity (Wildman–Crippen MR) is 112 cm³/mol. The number of carbonyl (C=O) groups is 2. The Morgan fingerprint density at radius 1 is 1.00 bits per heavy atom. The number of hydrogen-bond donors (Lipinski definition) is 3. The van der Waals surface area contributed by atoms with E-state index < -0.39 is 6.04 Å². The summed E-state index contributed by atoms with van der Waals surface area (Å²) in [6.45, 7) is 3.62. The molecular weight excluding hydrogens is 387 g/mol. The molecule has 8 heteroatoms. The van der Waals surface area contributed by atoms with Gasteiger partial charge in [0.25, 0.3) is 0 Å². The average Bonchev–Trinajstić information content (AvgIpc) is 2.61. The molecule has 0 saturated carbocycles. The first kappa shape index (κ1) is 24.8. The Morgan fingerprint density at radius 3 is 2.11 bits per heavy atom. The number of anilines is 1. The number of aromatic nitrogens is 1. The van der Waals surface area contributed by atoms with Crippen molar-refractivity contribution in [2.45, 2.75) is 26.3 Å². The Hall–Kier alpha value is -2.15. The Bertz CT molecular complexity index is 709. The lowest BCUT2D eigenvalue weighted by Gasteiger charge is -2.15. The molecule has 2 amide bonds. The van der Waals surface area contributed by atoms with Gasteiger partial charge in [-0.2, -0.15) is 0 Å². The fourth-order valence-corrected chi connectivity index (χ4v) is 2.24. The largest absolute Gasteiger partial charge is 0.346 e. The fourth-order valence-electron chi connectivity index (χ4n) is 2.24. The molecule has 4 N–H and O–H groups in total. The summed E-state index contributed by atoms with van der Waals surface area (Å²) in [7, 11) is 0. The number of pyridine rings is 1. The zero-order valence-corrected chi connectivity index (χ0v) is 17.0. The first-order chi connectivity index (χ1) is 12.0. The van der Waals surface area contributed by atoms with E-state index in [2.05, 4.69) is 15.6 Å². The summed E-state index contributed by atoms with van der Waals surface area (Å²) in [5, 5.41) is 5.30. The van der Waals surface area contributed by atoms with Crippen molar-refractivity contribution in [2.24, 2.45) is 11.7 Å². The molecule has 2 rings (SSSR count). The molecule has 0 aliphatic rings. The highest BCUT2D eigenvalue weighted by atomic mass is 35.5. The number of nitrogens with two attached hydrogens (primary N) is 1. The molecule has 0 spiro atoms. The van der Waals surface area contributed by atoms with Crippen LogP contribution in [0.5, 0.6) is 0 Å². The van der Waals surface area contributed by atoms with Gasteiger partial charge in [-0.3, -0.25) is 14.6 Å². The van der Waals surface area contributed by atoms with E-state index in [-0.39, 0.29) is 49.1 Å². The number of carbonyl (C=O) groups excluding carboxylic acids is 2. The van der Waals surface area contributed by atoms with Crippen molar-refractivity contribution in [1.29, 1.82) is 0 Å². The molecule has 1 aromatic carbocycles. The summed E-state index contributed by atoms with van der Waals surface area (Å²) in [4.78, 5) is 27.6. The van der Waals surface area contributed by atoms with Gasteiger partial charge in [-0.25, -0.2) is 0 Å². The number of hydrogen-bond acceptors (Lipinski definition) is 4. The average molecular weight is 413 g/mol. The zero-order chi connectivity index (χ0) is 18.2. The van der Waals surface area contributed by atoms with Gasteiger partial charge < -0.3 is 16.4 Å². The molecular formula is C19H26Cl2N4O2. The summed E-state index contributed by atoms with van der Waals surface area (Å²) in [6.07, 6.45) is 4.34. The molecule has 1 atom stereocenters. The van der Waals surface area contributed by atoms with Crippen LogP contribution >= 0.6 is 24.8 Å². The van der Waals surface area contributed by atoms with Gasteiger partial charge in [0.05, 0.1) is 12.6 Å². The van der Waals surface area contributed by atoms with Gasteiger partial charge in [0.1, 0.15) is 0 Å². The van der Waals surface area contributed by atoms with Crippen LogP contribution in [0.1, 0.15) is 25.0 Å². The maximum atomic E-state index is 11.9. The third kappa shape index (κ3) is 8.39. The number of nitrogens with one attached hydrogen (secondary N) is 2. The summed E-state index contributed by atoms with van der Waals surface area (Å²) < 4.78 is 0. The van der Waals surface area contributed by atoms with Crippen LogP contribution in [0.3, 0.4) is 0 Å². The van der Waals surface area contributed by atoms with E-state index >= 15 is 0 Å². The van der Waals surface area contributed by atoms with Crippen LogP contribution in [0, 0.1) is 5.92 Å². The molecule has 0 saturated heterocycles. The van der Waals surface area contributed by atoms with Crippen LogP contribution in [-0.2, 0) is 16.0 Å². The van der Waals surface area contributed by atoms with Crippen LogP contribution in [0.2, 0.25) is 0 Å². The van der Waals surface area contributed by atoms with E-state index in [4.69, 9.17) is 5.73 Å². The minimum absolute atomic E-state index is 0. The highest BCUT2D eigenvalue weighted by Crippen LogP contribution is 2.13. The first-order valence-corrected chi connectivity index (χ1v) is 8.26. The van der Waals surface area contributed by atoms with Crippen molar-refractivity contribution in [2.75, 3.05) is 11.9 Å². The smallest absolute Gasteiger partial charge is 0.243 e. The minimum atomic E-state index is -0.611. The molecule has 0 aliphatic heterocycles. The monoisotopic (exact) mass is 412 g/mol. The van der Waals surface area contributed by atoms with E-state index in [1.165, 1.54) is 5.56 Å². The number of benzene rings is 1. The van der Waals surface area contributed by atoms with Crippen molar-refractivity contribution in [3.8, 4) is 0 Å². The lowest BCUT2D eigenvalue weighted by Crippen LogP contribution is -2.46. The van der Waals surface area contributed by atoms with Crippen LogP contribution in [0.15, 0.2) is 48.8 Å². The maximum absolute atomic E-state index is 11.9. The molecule has 0 bridgehead atoms. The molecule has 0 radical (unpaired) electrons. The number of halogens is 2. The van der Waals surface area contributed by atoms with Gasteiger partial charge in [-0.15, -0.1) is 24.8 Å². The second kappa shape index (κ2) is 12.3. The number of rotatable bonds is 7. The summed E-state index contributed by atoms with van der Waals surface area (Å²) in [6, 6.07) is 10.9. The molecule has 27 heavy (non-hydrogen) atoms. The van der Waals surface area contributed by atoms with Gasteiger partial charge >= 0.3 is 0 Å². The molecule has 148 valence electrons. The Kier molecular flexibility index (Phi) is 11.3. The third-order valence-electron chi connectivity index (χ3n) is 3.84. The molecule has 1 aromatic heterocycles. The second-order valence-corrected chi connectivity index (χ2v) is 6.26. The van der Waals surface area contributed by atoms with Crippen LogP contribution < -0.4 is 16.4 Å². The van der Waals surface area contributed by atoms with Crippen molar-refractivity contribution in [1.82, 2.24) is 10.3 Å². The molecule has 2 aromatic rings. The molecule has 0 fully saturated rings. The molecule has 6 nitrogen and oxygen atoms in total. The Labute approximate surface area is 172 Å². The normalized spacial score (nSPS) is 11.0. The zero-order valence-electron chi connectivity index (χ0n) is 15.3. The lowest BCUT2D eigenvalue weighted by molar-refractivity contribution is -0.125. The Balaban J connectivity index is 0.00000338. The van der Waals surface area contributed by atoms with Gasteiger partial charge in [-0.1, -0.05) is 26.0 Å². The van der Waals surface area contributed by atoms with E-state index in [1.54, 1.807) is 12.4 Å². The van der Waals surface area contributed by atoms with Crippen molar-refractivity contribution in [3.05, 3.63) is 59.9 Å². The van der Waals surface area contributed by atoms with Gasteiger partial charge in [-0.05, 0) is 47.7 Å². The quantitative estimate of drug-likeness (QED) is 0.650. The van der Waals surface area contributed by atoms with E-state index in [9.17, 15) is 9.59 Å². The minimum Gasteiger partial charge on any atom is -0.346 e. The van der Waals surface area contributed by atoms with E-state index in [0.717, 1.165) is 12.0 Å². The third-order valence-corrected chi connectivity index (χ3v) is 3.84. The number of amides is 2. The summed E-state index contributed by atoms with van der Waals surface area (Å²) >= 11 is 0. The Morgan fingerprint density at radius 2 is 1.56 bits per heavy atom. The fraction of sp³-hybridized carbons (Fsp3) is 0.316. The second-order valence-electron chi connectivity index (χ2n) is 6.26. The molecule has 0 aliphatic carbocycles. The van der Waals surface area contributed by atoms with Crippen LogP contribution in [0.4, 0.5) is 5.69 Å². The SMILES string of the molecule is CC(C)[C@H](N)C(=O)NCC(=O)Nc1ccc(Cc2ccncc2)cc1.Cl.Cl. The molecule has 1 heterocycles. The topological polar surface area (TPSA) is 97.1 Å². The predicted octanol–water partition coefficient (Wildman–Crippen LogP) is 2.55. The number of nitrogens with zero attached hydrogens (tertiary/aromatic N) is 1. The standard InChI is InChI=1S/C19H24N4O2.2ClH/c1-13(2)18(20)19(25)22-12-17(24)23-16-5-3-14(4-6-16)11-15-7-9-21-10-8-15;;/h3-10,13,18H,11-12,20H2,1-2H3,(H,22,25)(H,23,24);2*1H/t18-;;/m0../s1. The lowest BCUT2D eigenvalue weighted by atomic mass is 10.1. The van der Waals surface area contributed by atoms with Crippen molar-refractivity contribution in [3.63, 3.8) is 0 Å². The highest BCUT2D eigenvalue weighted by molar-refractivity contribution is 5.95. The molecule has 0 unspecified atom stereocenters. The first-order valence-electron chi connectivity index (χ1n) is 8.26. The van der Waals surface area contributed by atoms with Crippen molar-refractivity contribution < 1.29 is 9.59 Å². The van der Waals surface area contributed by atoms with Crippen molar-refractivity contribution >= 4 is 42.3 Å². The van der Waals surface area contributed by atoms with Crippen LogP contribution in [-0.4, -0.2) is 29.4 Å². The highest BCUT2D eigenvalue weighted by Gasteiger charge is 2.17. The maximum Gasteiger partial charge on any atom is 0.243 e. The summed E-state index contributed by atoms with van der Waals surface area (Å²) in [5.74, 6) is -0.583. The van der Waals surface area contributed by atoms with Crippen LogP contribution in [0.25, 0.3) is 0 Å². The van der Waals surface area contributed by atoms with Gasteiger partial charge in [0.2, 0.25) is 11.8 Å². The van der Waals surface area contributed by atoms with E-state index in [0.29, 0.717) is 5.69 Å². The van der Waals surface area contributed by atoms with Gasteiger partial charge in [0.15, 0.2) is 0 Å². The van der Waals surface area contributed by atoms with Gasteiger partial charge in [0, 0.05) is 18.1 Å². The summed E-state index contributed by atoms with van der Waals surface area (Å²) in [5.41, 5.74) is 8.73.